The Morgan fingerprint density at radius 1 is 1.04 bits per heavy atom. The largest absolute Gasteiger partial charge is 0.418 e. The minimum absolute atomic E-state index is 0.0156. The first-order valence-corrected chi connectivity index (χ1v) is 16.3. The van der Waals surface area contributed by atoms with Crippen LogP contribution in [-0.4, -0.2) is 64.5 Å². The Bertz CT molecular complexity index is 2190. The van der Waals surface area contributed by atoms with Crippen molar-refractivity contribution in [1.82, 2.24) is 24.6 Å². The van der Waals surface area contributed by atoms with E-state index in [1.165, 1.54) is 18.2 Å². The van der Waals surface area contributed by atoms with Gasteiger partial charge in [0.15, 0.2) is 5.57 Å². The first-order chi connectivity index (χ1) is 23.6. The molecule has 1 aliphatic heterocycles. The Balaban J connectivity index is 1.54. The molecule has 49 heavy (non-hydrogen) atoms. The van der Waals surface area contributed by atoms with E-state index >= 15 is 0 Å². The summed E-state index contributed by atoms with van der Waals surface area (Å²) in [5.41, 5.74) is 0.750. The molecule has 1 fully saturated rings. The van der Waals surface area contributed by atoms with E-state index in [0.29, 0.717) is 44.1 Å². The Morgan fingerprint density at radius 2 is 1.73 bits per heavy atom. The zero-order valence-electron chi connectivity index (χ0n) is 26.4. The third-order valence-electron chi connectivity index (χ3n) is 8.02. The van der Waals surface area contributed by atoms with Crippen LogP contribution in [0.2, 0.25) is 0 Å². The van der Waals surface area contributed by atoms with Gasteiger partial charge in [-0.1, -0.05) is 60.2 Å². The standard InChI is InChI=1S/C36H31F3N6O3S/c1-24-11-13-25(14-12-24)32-26(23-44(42-32)27-7-3-2-4-8-27)21-31-34(47)45(30-10-6-5-9-29(30)36(37,38)39)35(49-31)28(22-40)33(46)41-15-16-43-17-19-48-20-18-43/h2-14,21,23H,15-20H2,1H3,(H,41,46)/b31-21-,35-28+. The summed E-state index contributed by atoms with van der Waals surface area (Å²) in [6.45, 7) is 5.15. The molecule has 0 bridgehead atoms. The molecular formula is C36H31F3N6O3S. The van der Waals surface area contributed by atoms with Gasteiger partial charge >= 0.3 is 6.18 Å². The van der Waals surface area contributed by atoms with Crippen LogP contribution in [0.4, 0.5) is 13.2 Å². The first-order valence-electron chi connectivity index (χ1n) is 15.5. The third kappa shape index (κ3) is 7.41. The molecule has 3 heterocycles. The maximum Gasteiger partial charge on any atom is 0.418 e. The lowest BCUT2D eigenvalue weighted by Gasteiger charge is -2.26. The number of halogens is 3. The van der Waals surface area contributed by atoms with Crippen molar-refractivity contribution in [1.29, 1.82) is 5.26 Å². The molecule has 9 nitrogen and oxygen atoms in total. The summed E-state index contributed by atoms with van der Waals surface area (Å²) in [6, 6.07) is 23.4. The number of hydrogen-bond acceptors (Lipinski definition) is 7. The maximum atomic E-state index is 14.3. The van der Waals surface area contributed by atoms with E-state index in [1.54, 1.807) is 10.9 Å². The molecule has 5 aromatic rings. The molecule has 1 N–H and O–H groups in total. The van der Waals surface area contributed by atoms with Crippen molar-refractivity contribution < 1.29 is 22.7 Å². The summed E-state index contributed by atoms with van der Waals surface area (Å²) in [5, 5.41) is 17.7. The van der Waals surface area contributed by atoms with Gasteiger partial charge in [-0.05, 0) is 37.3 Å². The number of benzene rings is 3. The predicted octanol–water partition coefficient (Wildman–Crippen LogP) is 4.03. The van der Waals surface area contributed by atoms with Gasteiger partial charge in [0.1, 0.15) is 10.7 Å². The molecule has 3 aromatic carbocycles. The molecule has 1 amide bonds. The normalized spacial score (nSPS) is 14.8. The summed E-state index contributed by atoms with van der Waals surface area (Å²) in [7, 11) is 0. The van der Waals surface area contributed by atoms with Crippen LogP contribution < -0.4 is 20.1 Å². The molecule has 0 atom stereocenters. The van der Waals surface area contributed by atoms with Gasteiger partial charge < -0.3 is 10.1 Å². The van der Waals surface area contributed by atoms with Crippen LogP contribution in [0.3, 0.4) is 0 Å². The molecule has 1 aliphatic rings. The van der Waals surface area contributed by atoms with Gasteiger partial charge in [0.05, 0.1) is 40.4 Å². The maximum absolute atomic E-state index is 14.3. The minimum Gasteiger partial charge on any atom is -0.379 e. The third-order valence-corrected chi connectivity index (χ3v) is 9.11. The van der Waals surface area contributed by atoms with Crippen LogP contribution in [0, 0.1) is 18.3 Å². The number of alkyl halides is 3. The summed E-state index contributed by atoms with van der Waals surface area (Å²) in [4.78, 5) is 29.7. The highest BCUT2D eigenvalue weighted by atomic mass is 32.1. The van der Waals surface area contributed by atoms with E-state index in [2.05, 4.69) is 10.2 Å². The topological polar surface area (TPSA) is 105 Å². The van der Waals surface area contributed by atoms with Gasteiger partial charge in [-0.25, -0.2) is 4.68 Å². The molecule has 0 radical (unpaired) electrons. The van der Waals surface area contributed by atoms with Crippen LogP contribution in [0.1, 0.15) is 16.7 Å². The number of nitrogens with one attached hydrogen (secondary N) is 1. The molecule has 0 spiro atoms. The average Bonchev–Trinajstić information content (AvgIpc) is 3.66. The Hall–Kier alpha value is -5.29. The molecule has 0 saturated carbocycles. The molecule has 2 aromatic heterocycles. The number of nitrogens with zero attached hydrogens (tertiary/aromatic N) is 5. The first kappa shape index (κ1) is 33.6. The summed E-state index contributed by atoms with van der Waals surface area (Å²) >= 11 is 0.772. The monoisotopic (exact) mass is 684 g/mol. The van der Waals surface area contributed by atoms with Crippen LogP contribution in [0.5, 0.6) is 0 Å². The van der Waals surface area contributed by atoms with Crippen molar-refractivity contribution in [2.45, 2.75) is 13.1 Å². The quantitative estimate of drug-likeness (QED) is 0.265. The second-order valence-electron chi connectivity index (χ2n) is 11.3. The number of thiazole rings is 1. The van der Waals surface area contributed by atoms with Crippen molar-refractivity contribution in [3.8, 4) is 28.7 Å². The van der Waals surface area contributed by atoms with Crippen molar-refractivity contribution >= 4 is 28.9 Å². The number of nitriles is 1. The van der Waals surface area contributed by atoms with Crippen molar-refractivity contribution in [2.24, 2.45) is 0 Å². The lowest BCUT2D eigenvalue weighted by molar-refractivity contribution is -0.137. The fraction of sp³-hybridized carbons (Fsp3) is 0.222. The second-order valence-corrected chi connectivity index (χ2v) is 12.4. The number of aryl methyl sites for hydroxylation is 1. The lowest BCUT2D eigenvalue weighted by Crippen LogP contribution is -2.42. The molecule has 1 saturated heterocycles. The summed E-state index contributed by atoms with van der Waals surface area (Å²) in [5.74, 6) is -0.793. The van der Waals surface area contributed by atoms with Crippen LogP contribution in [0.15, 0.2) is 89.9 Å². The predicted molar refractivity (Wildman–Crippen MR) is 181 cm³/mol. The lowest BCUT2D eigenvalue weighted by atomic mass is 10.1. The van der Waals surface area contributed by atoms with Gasteiger partial charge in [0.2, 0.25) is 0 Å². The van der Waals surface area contributed by atoms with E-state index in [9.17, 15) is 28.0 Å². The van der Waals surface area contributed by atoms with Gasteiger partial charge in [0, 0.05) is 43.5 Å². The molecule has 250 valence electrons. The summed E-state index contributed by atoms with van der Waals surface area (Å²) < 4.78 is 50.4. The number of amides is 1. The number of aromatic nitrogens is 3. The molecule has 0 aliphatic carbocycles. The van der Waals surface area contributed by atoms with Gasteiger partial charge in [-0.2, -0.15) is 23.5 Å². The average molecular weight is 685 g/mol. The number of hydrogen-bond donors (Lipinski definition) is 1. The number of rotatable bonds is 8. The molecule has 13 heteroatoms. The van der Waals surface area contributed by atoms with Crippen molar-refractivity contribution in [3.05, 3.63) is 121 Å². The van der Waals surface area contributed by atoms with E-state index in [4.69, 9.17) is 9.84 Å². The van der Waals surface area contributed by atoms with E-state index < -0.39 is 34.5 Å². The number of para-hydroxylation sites is 2. The molecule has 0 unspecified atom stereocenters. The van der Waals surface area contributed by atoms with E-state index in [0.717, 1.165) is 44.9 Å². The Kier molecular flexibility index (Phi) is 9.91. The van der Waals surface area contributed by atoms with E-state index in [-0.39, 0.29) is 15.7 Å². The van der Waals surface area contributed by atoms with Gasteiger partial charge in [-0.15, -0.1) is 11.3 Å². The fourth-order valence-corrected chi connectivity index (χ4v) is 6.58. The van der Waals surface area contributed by atoms with Crippen molar-refractivity contribution in [2.75, 3.05) is 39.4 Å². The van der Waals surface area contributed by atoms with Crippen LogP contribution in [-0.2, 0) is 15.7 Å². The summed E-state index contributed by atoms with van der Waals surface area (Å²) in [6.07, 6.45) is -1.55. The van der Waals surface area contributed by atoms with Crippen LogP contribution >= 0.6 is 11.3 Å². The number of ether oxygens (including phenoxy) is 1. The Morgan fingerprint density at radius 3 is 2.43 bits per heavy atom. The van der Waals surface area contributed by atoms with Crippen LogP contribution in [0.25, 0.3) is 34.3 Å². The number of carbonyl (C=O) groups is 1. The molecule has 6 rings (SSSR count). The minimum atomic E-state index is -4.82. The van der Waals surface area contributed by atoms with E-state index in [1.807, 2.05) is 67.6 Å². The SMILES string of the molecule is Cc1ccc(-c2nn(-c3ccccc3)cc2/C=c2\s/c(=C(\C#N)C(=O)NCCN3CCOCC3)n(-c3ccccc3C(F)(F)F)c2=O)cc1. The Labute approximate surface area is 283 Å². The zero-order valence-corrected chi connectivity index (χ0v) is 27.2. The fourth-order valence-electron chi connectivity index (χ4n) is 5.50. The number of morpholine rings is 1. The van der Waals surface area contributed by atoms with Gasteiger partial charge in [-0.3, -0.25) is 19.1 Å². The zero-order chi connectivity index (χ0) is 34.5. The smallest absolute Gasteiger partial charge is 0.379 e. The van der Waals surface area contributed by atoms with Gasteiger partial charge in [0.25, 0.3) is 11.5 Å². The highest BCUT2D eigenvalue weighted by molar-refractivity contribution is 7.07. The molecular weight excluding hydrogens is 653 g/mol. The highest BCUT2D eigenvalue weighted by Gasteiger charge is 2.34. The number of carbonyl (C=O) groups excluding carboxylic acids is 1. The second kappa shape index (κ2) is 14.4. The highest BCUT2D eigenvalue weighted by Crippen LogP contribution is 2.33. The van der Waals surface area contributed by atoms with Crippen molar-refractivity contribution in [3.63, 3.8) is 0 Å².